The molecule has 1 unspecified atom stereocenters. The quantitative estimate of drug-likeness (QED) is 0.853. The third-order valence-electron chi connectivity index (χ3n) is 3.48. The molecular formula is C16H20N2O2. The standard InChI is InChI=1S/C16H20N2O2/c1-4-5-11-18-13(12-9-7-6-8-10-12)14(19)17-16(2,3)15(18)20/h4,6-10,13H,1,5,11H2,2-3H3,(H,17,19). The summed E-state index contributed by atoms with van der Waals surface area (Å²) in [7, 11) is 0. The van der Waals surface area contributed by atoms with E-state index >= 15 is 0 Å². The van der Waals surface area contributed by atoms with Gasteiger partial charge in [0.2, 0.25) is 11.8 Å². The van der Waals surface area contributed by atoms with Gasteiger partial charge in [-0.3, -0.25) is 9.59 Å². The van der Waals surface area contributed by atoms with Crippen molar-refractivity contribution in [3.05, 3.63) is 48.6 Å². The fraction of sp³-hybridized carbons (Fsp3) is 0.375. The highest BCUT2D eigenvalue weighted by atomic mass is 16.2. The Morgan fingerprint density at radius 3 is 2.55 bits per heavy atom. The van der Waals surface area contributed by atoms with Crippen LogP contribution in [-0.2, 0) is 9.59 Å². The van der Waals surface area contributed by atoms with Gasteiger partial charge in [-0.2, -0.15) is 0 Å². The molecule has 1 atom stereocenters. The van der Waals surface area contributed by atoms with Gasteiger partial charge < -0.3 is 10.2 Å². The van der Waals surface area contributed by atoms with Crippen LogP contribution in [0.25, 0.3) is 0 Å². The number of nitrogens with one attached hydrogen (secondary N) is 1. The predicted molar refractivity (Wildman–Crippen MR) is 77.9 cm³/mol. The molecule has 0 aliphatic carbocycles. The normalized spacial score (nSPS) is 21.5. The highest BCUT2D eigenvalue weighted by molar-refractivity contribution is 5.99. The van der Waals surface area contributed by atoms with E-state index in [-0.39, 0.29) is 11.8 Å². The van der Waals surface area contributed by atoms with Gasteiger partial charge in [0.25, 0.3) is 0 Å². The molecule has 1 aromatic rings. The zero-order valence-electron chi connectivity index (χ0n) is 11.9. The summed E-state index contributed by atoms with van der Waals surface area (Å²) in [6.45, 7) is 7.65. The van der Waals surface area contributed by atoms with Crippen LogP contribution in [0, 0.1) is 0 Å². The molecule has 1 aromatic carbocycles. The van der Waals surface area contributed by atoms with Crippen molar-refractivity contribution in [3.63, 3.8) is 0 Å². The lowest BCUT2D eigenvalue weighted by molar-refractivity contribution is -0.153. The third-order valence-corrected chi connectivity index (χ3v) is 3.48. The van der Waals surface area contributed by atoms with Crippen molar-refractivity contribution in [2.45, 2.75) is 31.8 Å². The van der Waals surface area contributed by atoms with Gasteiger partial charge in [0.15, 0.2) is 0 Å². The second-order valence-corrected chi connectivity index (χ2v) is 5.50. The van der Waals surface area contributed by atoms with Crippen molar-refractivity contribution in [2.24, 2.45) is 0 Å². The highest BCUT2D eigenvalue weighted by Gasteiger charge is 2.45. The molecule has 0 bridgehead atoms. The predicted octanol–water partition coefficient (Wildman–Crippen LogP) is 2.04. The average molecular weight is 272 g/mol. The fourth-order valence-electron chi connectivity index (χ4n) is 2.48. The average Bonchev–Trinajstić information content (AvgIpc) is 2.41. The first kappa shape index (κ1) is 14.3. The first-order valence-corrected chi connectivity index (χ1v) is 6.76. The van der Waals surface area contributed by atoms with Gasteiger partial charge in [-0.05, 0) is 25.8 Å². The Kier molecular flexibility index (Phi) is 3.93. The number of piperazine rings is 1. The van der Waals surface area contributed by atoms with Gasteiger partial charge >= 0.3 is 0 Å². The number of carbonyl (C=O) groups is 2. The fourth-order valence-corrected chi connectivity index (χ4v) is 2.48. The van der Waals surface area contributed by atoms with E-state index in [0.29, 0.717) is 13.0 Å². The maximum absolute atomic E-state index is 12.6. The molecule has 1 aliphatic rings. The minimum Gasteiger partial charge on any atom is -0.340 e. The van der Waals surface area contributed by atoms with E-state index in [0.717, 1.165) is 5.56 Å². The van der Waals surface area contributed by atoms with Crippen LogP contribution >= 0.6 is 0 Å². The molecule has 0 spiro atoms. The molecule has 1 heterocycles. The van der Waals surface area contributed by atoms with E-state index in [9.17, 15) is 9.59 Å². The Bertz CT molecular complexity index is 523. The summed E-state index contributed by atoms with van der Waals surface area (Å²) in [5.74, 6) is -0.197. The Labute approximate surface area is 119 Å². The van der Waals surface area contributed by atoms with Gasteiger partial charge in [0, 0.05) is 6.54 Å². The maximum atomic E-state index is 12.6. The molecule has 4 heteroatoms. The summed E-state index contributed by atoms with van der Waals surface area (Å²) in [5.41, 5.74) is -0.0262. The Balaban J connectivity index is 2.38. The molecule has 1 saturated heterocycles. The largest absolute Gasteiger partial charge is 0.340 e. The van der Waals surface area contributed by atoms with E-state index in [1.807, 2.05) is 30.3 Å². The second-order valence-electron chi connectivity index (χ2n) is 5.50. The van der Waals surface area contributed by atoms with Crippen molar-refractivity contribution >= 4 is 11.8 Å². The molecule has 4 nitrogen and oxygen atoms in total. The van der Waals surface area contributed by atoms with Crippen LogP contribution in [0.5, 0.6) is 0 Å². The van der Waals surface area contributed by atoms with Crippen LogP contribution in [0.1, 0.15) is 31.9 Å². The SMILES string of the molecule is C=CCCN1C(=O)C(C)(C)NC(=O)C1c1ccccc1. The smallest absolute Gasteiger partial charge is 0.248 e. The number of hydrogen-bond acceptors (Lipinski definition) is 2. The topological polar surface area (TPSA) is 49.4 Å². The van der Waals surface area contributed by atoms with Crippen LogP contribution in [-0.4, -0.2) is 28.8 Å². The van der Waals surface area contributed by atoms with Crippen LogP contribution in [0.4, 0.5) is 0 Å². The Morgan fingerprint density at radius 2 is 1.95 bits per heavy atom. The first-order valence-electron chi connectivity index (χ1n) is 6.76. The van der Waals surface area contributed by atoms with Crippen LogP contribution < -0.4 is 5.32 Å². The molecule has 1 aliphatic heterocycles. The molecular weight excluding hydrogens is 252 g/mol. The molecule has 2 rings (SSSR count). The van der Waals surface area contributed by atoms with Crippen molar-refractivity contribution in [1.82, 2.24) is 10.2 Å². The zero-order valence-corrected chi connectivity index (χ0v) is 11.9. The molecule has 0 aromatic heterocycles. The molecule has 2 amide bonds. The minimum atomic E-state index is -0.858. The third kappa shape index (κ3) is 2.59. The molecule has 0 saturated carbocycles. The molecule has 1 N–H and O–H groups in total. The maximum Gasteiger partial charge on any atom is 0.248 e. The van der Waals surface area contributed by atoms with Crippen molar-refractivity contribution in [1.29, 1.82) is 0 Å². The van der Waals surface area contributed by atoms with Crippen LogP contribution in [0.15, 0.2) is 43.0 Å². The van der Waals surface area contributed by atoms with Gasteiger partial charge in [0.05, 0.1) is 0 Å². The van der Waals surface area contributed by atoms with Crippen molar-refractivity contribution in [2.75, 3.05) is 6.54 Å². The number of benzene rings is 1. The molecule has 20 heavy (non-hydrogen) atoms. The van der Waals surface area contributed by atoms with E-state index in [1.54, 1.807) is 24.8 Å². The lowest BCUT2D eigenvalue weighted by Crippen LogP contribution is -2.64. The lowest BCUT2D eigenvalue weighted by Gasteiger charge is -2.43. The van der Waals surface area contributed by atoms with E-state index < -0.39 is 11.6 Å². The van der Waals surface area contributed by atoms with E-state index in [2.05, 4.69) is 11.9 Å². The Hall–Kier alpha value is -2.10. The lowest BCUT2D eigenvalue weighted by atomic mass is 9.93. The van der Waals surface area contributed by atoms with Crippen molar-refractivity contribution in [3.8, 4) is 0 Å². The van der Waals surface area contributed by atoms with Crippen LogP contribution in [0.3, 0.4) is 0 Å². The highest BCUT2D eigenvalue weighted by Crippen LogP contribution is 2.29. The summed E-state index contributed by atoms with van der Waals surface area (Å²) in [6.07, 6.45) is 2.42. The van der Waals surface area contributed by atoms with Crippen LogP contribution in [0.2, 0.25) is 0 Å². The summed E-state index contributed by atoms with van der Waals surface area (Å²) in [6, 6.07) is 8.82. The summed E-state index contributed by atoms with van der Waals surface area (Å²) in [4.78, 5) is 26.6. The van der Waals surface area contributed by atoms with E-state index in [1.165, 1.54) is 0 Å². The monoisotopic (exact) mass is 272 g/mol. The first-order chi connectivity index (χ1) is 9.47. The van der Waals surface area contributed by atoms with Crippen molar-refractivity contribution < 1.29 is 9.59 Å². The summed E-state index contributed by atoms with van der Waals surface area (Å²) in [5, 5.41) is 2.80. The molecule has 0 radical (unpaired) electrons. The van der Waals surface area contributed by atoms with E-state index in [4.69, 9.17) is 0 Å². The van der Waals surface area contributed by atoms with Gasteiger partial charge in [0.1, 0.15) is 11.6 Å². The van der Waals surface area contributed by atoms with Gasteiger partial charge in [-0.15, -0.1) is 6.58 Å². The summed E-state index contributed by atoms with van der Waals surface area (Å²) < 4.78 is 0. The molecule has 1 fully saturated rings. The molecule has 106 valence electrons. The second kappa shape index (κ2) is 5.49. The summed E-state index contributed by atoms with van der Waals surface area (Å²) >= 11 is 0. The number of hydrogen-bond donors (Lipinski definition) is 1. The number of carbonyl (C=O) groups excluding carboxylic acids is 2. The Morgan fingerprint density at radius 1 is 1.30 bits per heavy atom. The minimum absolute atomic E-state index is 0.0622. The van der Waals surface area contributed by atoms with Gasteiger partial charge in [-0.25, -0.2) is 0 Å². The number of rotatable bonds is 4. The zero-order chi connectivity index (χ0) is 14.8. The van der Waals surface area contributed by atoms with Gasteiger partial charge in [-0.1, -0.05) is 36.4 Å². The number of nitrogens with zero attached hydrogens (tertiary/aromatic N) is 1. The number of amides is 2.